The third kappa shape index (κ3) is 4.04. The molecule has 1 aliphatic heterocycles. The Morgan fingerprint density at radius 2 is 1.91 bits per heavy atom. The second-order valence-corrected chi connectivity index (χ2v) is 8.02. The predicted molar refractivity (Wildman–Crippen MR) is 117 cm³/mol. The Kier molecular flexibility index (Phi) is 5.50. The van der Waals surface area contributed by atoms with Gasteiger partial charge in [-0.05, 0) is 58.6 Å². The first kappa shape index (κ1) is 20.5. The van der Waals surface area contributed by atoms with Crippen molar-refractivity contribution in [1.29, 1.82) is 0 Å². The maximum atomic E-state index is 13.3. The molecule has 4 aromatic rings. The minimum Gasteiger partial charge on any atom is -0.379 e. The first-order valence-corrected chi connectivity index (χ1v) is 10.5. The average molecular weight is 434 g/mol. The van der Waals surface area contributed by atoms with Crippen molar-refractivity contribution in [3.63, 3.8) is 0 Å². The number of aryl methyl sites for hydroxylation is 1. The lowest BCUT2D eigenvalue weighted by Crippen LogP contribution is -2.42. The van der Waals surface area contributed by atoms with Gasteiger partial charge in [0.1, 0.15) is 11.9 Å². The van der Waals surface area contributed by atoms with Gasteiger partial charge in [-0.25, -0.2) is 9.07 Å². The normalized spacial score (nSPS) is 15.8. The molecule has 8 nitrogen and oxygen atoms in total. The highest BCUT2D eigenvalue weighted by atomic mass is 19.1. The summed E-state index contributed by atoms with van der Waals surface area (Å²) in [6.45, 7) is 4.83. The number of nitrogens with one attached hydrogen (secondary N) is 1. The highest BCUT2D eigenvalue weighted by Gasteiger charge is 2.31. The van der Waals surface area contributed by atoms with Gasteiger partial charge in [0.05, 0.1) is 19.8 Å². The third-order valence-corrected chi connectivity index (χ3v) is 5.78. The zero-order valence-electron chi connectivity index (χ0n) is 17.7. The summed E-state index contributed by atoms with van der Waals surface area (Å²) < 4.78 is 20.5. The highest BCUT2D eigenvalue weighted by molar-refractivity contribution is 5.79. The molecule has 1 saturated heterocycles. The van der Waals surface area contributed by atoms with E-state index in [2.05, 4.69) is 25.4 Å². The van der Waals surface area contributed by atoms with Crippen LogP contribution in [0.1, 0.15) is 28.6 Å². The number of aromatic amines is 1. The van der Waals surface area contributed by atoms with Crippen LogP contribution in [0.15, 0.2) is 53.3 Å². The van der Waals surface area contributed by atoms with Gasteiger partial charge in [-0.1, -0.05) is 23.8 Å². The molecule has 0 saturated carbocycles. The topological polar surface area (TPSA) is 88.9 Å². The molecule has 0 unspecified atom stereocenters. The van der Waals surface area contributed by atoms with E-state index in [1.54, 1.807) is 16.8 Å². The largest absolute Gasteiger partial charge is 0.379 e. The third-order valence-electron chi connectivity index (χ3n) is 5.78. The van der Waals surface area contributed by atoms with Crippen molar-refractivity contribution in [3.8, 4) is 0 Å². The molecule has 2 aromatic heterocycles. The molecule has 32 heavy (non-hydrogen) atoms. The number of morpholine rings is 1. The fraction of sp³-hybridized carbons (Fsp3) is 0.304. The van der Waals surface area contributed by atoms with Crippen LogP contribution in [0.25, 0.3) is 10.9 Å². The molecular formula is C23H23FN6O2. The van der Waals surface area contributed by atoms with Crippen molar-refractivity contribution >= 4 is 10.9 Å². The van der Waals surface area contributed by atoms with E-state index >= 15 is 0 Å². The second kappa shape index (κ2) is 8.60. The van der Waals surface area contributed by atoms with Crippen molar-refractivity contribution in [3.05, 3.63) is 87.2 Å². The number of pyridine rings is 1. The van der Waals surface area contributed by atoms with Crippen LogP contribution >= 0.6 is 0 Å². The predicted octanol–water partition coefficient (Wildman–Crippen LogP) is 2.43. The number of H-pyrrole nitrogens is 1. The number of tetrazole rings is 1. The van der Waals surface area contributed by atoms with Gasteiger partial charge in [0.25, 0.3) is 5.56 Å². The molecule has 0 aliphatic carbocycles. The maximum absolute atomic E-state index is 13.3. The van der Waals surface area contributed by atoms with Crippen LogP contribution in [0.4, 0.5) is 4.39 Å². The molecule has 1 atom stereocenters. The van der Waals surface area contributed by atoms with Crippen molar-refractivity contribution in [2.75, 3.05) is 26.3 Å². The smallest absolute Gasteiger partial charge is 0.253 e. The SMILES string of the molecule is Cc1ccc2[nH]c(=O)c([C@@H](c3nnnn3Cc3ccc(F)cc3)N3CCOCC3)cc2c1. The van der Waals surface area contributed by atoms with E-state index in [-0.39, 0.29) is 11.4 Å². The fourth-order valence-electron chi connectivity index (χ4n) is 4.16. The molecule has 1 fully saturated rings. The van der Waals surface area contributed by atoms with Gasteiger partial charge in [0.2, 0.25) is 0 Å². The van der Waals surface area contributed by atoms with Crippen LogP contribution in [0.3, 0.4) is 0 Å². The minimum absolute atomic E-state index is 0.172. The Morgan fingerprint density at radius 1 is 1.12 bits per heavy atom. The summed E-state index contributed by atoms with van der Waals surface area (Å²) in [6, 6.07) is 13.7. The fourth-order valence-corrected chi connectivity index (χ4v) is 4.16. The van der Waals surface area contributed by atoms with E-state index in [0.29, 0.717) is 44.2 Å². The van der Waals surface area contributed by atoms with Crippen molar-refractivity contribution in [2.45, 2.75) is 19.5 Å². The highest BCUT2D eigenvalue weighted by Crippen LogP contribution is 2.28. The molecule has 0 radical (unpaired) electrons. The van der Waals surface area contributed by atoms with Gasteiger partial charge in [0.15, 0.2) is 5.82 Å². The zero-order chi connectivity index (χ0) is 22.1. The summed E-state index contributed by atoms with van der Waals surface area (Å²) in [6.07, 6.45) is 0. The number of halogens is 1. The molecule has 0 spiro atoms. The summed E-state index contributed by atoms with van der Waals surface area (Å²) >= 11 is 0. The van der Waals surface area contributed by atoms with Crippen LogP contribution in [-0.2, 0) is 11.3 Å². The zero-order valence-corrected chi connectivity index (χ0v) is 17.7. The molecule has 5 rings (SSSR count). The molecule has 2 aromatic carbocycles. The Hall–Kier alpha value is -3.43. The summed E-state index contributed by atoms with van der Waals surface area (Å²) in [5.74, 6) is 0.267. The van der Waals surface area contributed by atoms with E-state index in [1.165, 1.54) is 12.1 Å². The maximum Gasteiger partial charge on any atom is 0.253 e. The van der Waals surface area contributed by atoms with Gasteiger partial charge in [-0.15, -0.1) is 5.10 Å². The van der Waals surface area contributed by atoms with Crippen molar-refractivity contribution in [1.82, 2.24) is 30.1 Å². The van der Waals surface area contributed by atoms with Crippen LogP contribution < -0.4 is 5.56 Å². The van der Waals surface area contributed by atoms with Gasteiger partial charge < -0.3 is 9.72 Å². The van der Waals surface area contributed by atoms with Crippen molar-refractivity contribution < 1.29 is 9.13 Å². The van der Waals surface area contributed by atoms with Crippen LogP contribution in [0.2, 0.25) is 0 Å². The number of aromatic nitrogens is 5. The van der Waals surface area contributed by atoms with Crippen LogP contribution in [0, 0.1) is 12.7 Å². The van der Waals surface area contributed by atoms with Gasteiger partial charge in [0, 0.05) is 24.2 Å². The molecule has 0 bridgehead atoms. The summed E-state index contributed by atoms with van der Waals surface area (Å²) in [7, 11) is 0. The van der Waals surface area contributed by atoms with Crippen LogP contribution in [0.5, 0.6) is 0 Å². The molecule has 9 heteroatoms. The number of nitrogens with zero attached hydrogens (tertiary/aromatic N) is 5. The lowest BCUT2D eigenvalue weighted by Gasteiger charge is -2.33. The lowest BCUT2D eigenvalue weighted by atomic mass is 10.0. The number of rotatable bonds is 5. The first-order chi connectivity index (χ1) is 15.6. The average Bonchev–Trinajstić information content (AvgIpc) is 3.24. The summed E-state index contributed by atoms with van der Waals surface area (Å²) in [4.78, 5) is 18.4. The Labute approximate surface area is 183 Å². The molecule has 164 valence electrons. The summed E-state index contributed by atoms with van der Waals surface area (Å²) in [5, 5.41) is 13.3. The van der Waals surface area contributed by atoms with Gasteiger partial charge in [-0.2, -0.15) is 0 Å². The molecule has 0 amide bonds. The molecule has 1 N–H and O–H groups in total. The quantitative estimate of drug-likeness (QED) is 0.519. The van der Waals surface area contributed by atoms with E-state index in [1.807, 2.05) is 31.2 Å². The van der Waals surface area contributed by atoms with Gasteiger partial charge >= 0.3 is 0 Å². The van der Waals surface area contributed by atoms with Crippen LogP contribution in [-0.4, -0.2) is 56.4 Å². The summed E-state index contributed by atoms with van der Waals surface area (Å²) in [5.41, 5.74) is 3.17. The van der Waals surface area contributed by atoms with E-state index in [9.17, 15) is 9.18 Å². The van der Waals surface area contributed by atoms with E-state index < -0.39 is 6.04 Å². The second-order valence-electron chi connectivity index (χ2n) is 8.02. The number of fused-ring (bicyclic) bond motifs is 1. The van der Waals surface area contributed by atoms with E-state index in [4.69, 9.17) is 4.74 Å². The minimum atomic E-state index is -0.442. The number of benzene rings is 2. The van der Waals surface area contributed by atoms with E-state index in [0.717, 1.165) is 22.0 Å². The molecule has 3 heterocycles. The monoisotopic (exact) mass is 434 g/mol. The number of hydrogen-bond acceptors (Lipinski definition) is 6. The Bertz CT molecular complexity index is 1290. The lowest BCUT2D eigenvalue weighted by molar-refractivity contribution is 0.0214. The number of hydrogen-bond donors (Lipinski definition) is 1. The molecular weight excluding hydrogens is 411 g/mol. The van der Waals surface area contributed by atoms with Crippen molar-refractivity contribution in [2.24, 2.45) is 0 Å². The van der Waals surface area contributed by atoms with Gasteiger partial charge in [-0.3, -0.25) is 9.69 Å². The Balaban J connectivity index is 1.61. The Morgan fingerprint density at radius 3 is 2.69 bits per heavy atom. The first-order valence-electron chi connectivity index (χ1n) is 10.5. The molecule has 1 aliphatic rings. The number of ether oxygens (including phenoxy) is 1. The standard InChI is InChI=1S/C23H23FN6O2/c1-15-2-7-20-17(12-15)13-19(23(31)25-20)21(29-8-10-32-11-9-29)22-26-27-28-30(22)14-16-3-5-18(24)6-4-16/h2-7,12-13,21H,8-11,14H2,1H3,(H,25,31)/t21-/m0/s1.